The molecule has 33 heavy (non-hydrogen) atoms. The van der Waals surface area contributed by atoms with Crippen LogP contribution < -0.4 is 15.4 Å². The van der Waals surface area contributed by atoms with Gasteiger partial charge in [-0.1, -0.05) is 18.2 Å². The molecule has 170 valence electrons. The number of rotatable bonds is 10. The van der Waals surface area contributed by atoms with Crippen LogP contribution in [0.25, 0.3) is 22.4 Å². The summed E-state index contributed by atoms with van der Waals surface area (Å²) in [6, 6.07) is 12.0. The molecule has 0 aliphatic heterocycles. The summed E-state index contributed by atoms with van der Waals surface area (Å²) in [5.74, 6) is 1.99. The Balaban J connectivity index is 1.46. The van der Waals surface area contributed by atoms with E-state index in [0.717, 1.165) is 40.8 Å². The largest absolute Gasteiger partial charge is 0.491 e. The Hall–Kier alpha value is -3.56. The molecule has 9 nitrogen and oxygen atoms in total. The fraction of sp³-hybridized carbons (Fsp3) is 0.333. The predicted octanol–water partition coefficient (Wildman–Crippen LogP) is 2.79. The minimum Gasteiger partial charge on any atom is -0.491 e. The number of ether oxygens (including phenoxy) is 1. The summed E-state index contributed by atoms with van der Waals surface area (Å²) in [4.78, 5) is 13.9. The first-order valence-corrected chi connectivity index (χ1v) is 11.1. The number of aromatic nitrogens is 5. The van der Waals surface area contributed by atoms with Gasteiger partial charge in [0.15, 0.2) is 11.5 Å². The number of benzene rings is 1. The van der Waals surface area contributed by atoms with Gasteiger partial charge in [-0.15, -0.1) is 0 Å². The molecule has 0 radical (unpaired) electrons. The third kappa shape index (κ3) is 4.94. The first-order valence-electron chi connectivity index (χ1n) is 11.1. The molecule has 5 rings (SSSR count). The molecule has 0 saturated heterocycles. The average Bonchev–Trinajstić information content (AvgIpc) is 3.60. The summed E-state index contributed by atoms with van der Waals surface area (Å²) in [5, 5.41) is 21.8. The van der Waals surface area contributed by atoms with E-state index in [1.165, 1.54) is 0 Å². The lowest BCUT2D eigenvalue weighted by Crippen LogP contribution is -2.29. The second-order valence-corrected chi connectivity index (χ2v) is 8.22. The van der Waals surface area contributed by atoms with Crippen LogP contribution in [0.4, 0.5) is 5.82 Å². The molecule has 1 unspecified atom stereocenters. The Kier molecular flexibility index (Phi) is 6.14. The molecule has 4 aromatic rings. The van der Waals surface area contributed by atoms with Gasteiger partial charge in [-0.3, -0.25) is 4.98 Å². The number of nitrogens with one attached hydrogen (secondary N) is 2. The van der Waals surface area contributed by atoms with Crippen LogP contribution in [-0.4, -0.2) is 56.1 Å². The SMILES string of the molecule is CNCC(O)COc1cccc(-c2nc(NCc3cccnc3)c3cnn(C4CC4)c3n2)c1. The van der Waals surface area contributed by atoms with Crippen molar-refractivity contribution in [2.45, 2.75) is 31.5 Å². The molecule has 9 heteroatoms. The predicted molar refractivity (Wildman–Crippen MR) is 126 cm³/mol. The van der Waals surface area contributed by atoms with E-state index in [9.17, 15) is 5.11 Å². The van der Waals surface area contributed by atoms with Crippen LogP contribution in [0.3, 0.4) is 0 Å². The lowest BCUT2D eigenvalue weighted by atomic mass is 10.2. The number of aliphatic hydroxyl groups is 1. The number of aliphatic hydroxyl groups excluding tert-OH is 1. The lowest BCUT2D eigenvalue weighted by Gasteiger charge is -2.13. The summed E-state index contributed by atoms with van der Waals surface area (Å²) in [6.07, 6.45) is 7.09. The molecule has 1 fully saturated rings. The Morgan fingerprint density at radius 3 is 2.88 bits per heavy atom. The molecule has 1 atom stereocenters. The summed E-state index contributed by atoms with van der Waals surface area (Å²) >= 11 is 0. The van der Waals surface area contributed by atoms with Gasteiger partial charge < -0.3 is 20.5 Å². The molecule has 1 aromatic carbocycles. The number of likely N-dealkylation sites (N-methyl/N-ethyl adjacent to an activating group) is 1. The summed E-state index contributed by atoms with van der Waals surface area (Å²) in [6.45, 7) is 1.27. The molecule has 1 saturated carbocycles. The van der Waals surface area contributed by atoms with Crippen molar-refractivity contribution < 1.29 is 9.84 Å². The van der Waals surface area contributed by atoms with E-state index < -0.39 is 6.10 Å². The molecule has 0 spiro atoms. The van der Waals surface area contributed by atoms with Crippen molar-refractivity contribution in [3.63, 3.8) is 0 Å². The average molecular weight is 446 g/mol. The monoisotopic (exact) mass is 445 g/mol. The van der Waals surface area contributed by atoms with Crippen LogP contribution in [0.15, 0.2) is 55.0 Å². The molecule has 3 heterocycles. The van der Waals surface area contributed by atoms with Crippen LogP contribution in [0, 0.1) is 0 Å². The summed E-state index contributed by atoms with van der Waals surface area (Å²) in [5.41, 5.74) is 2.73. The van der Waals surface area contributed by atoms with E-state index in [0.29, 0.717) is 30.7 Å². The standard InChI is InChI=1S/C24H27N7O2/c1-25-13-19(32)15-33-20-6-2-5-17(10-20)22-29-23(27-12-16-4-3-9-26-11-16)21-14-28-31(18-7-8-18)24(21)30-22/h2-6,9-11,14,18-19,25,32H,7-8,12-13,15H2,1H3,(H,27,29,30). The van der Waals surface area contributed by atoms with Gasteiger partial charge in [-0.05, 0) is 43.7 Å². The smallest absolute Gasteiger partial charge is 0.164 e. The molecular formula is C24H27N7O2. The quantitative estimate of drug-likeness (QED) is 0.342. The lowest BCUT2D eigenvalue weighted by molar-refractivity contribution is 0.108. The van der Waals surface area contributed by atoms with Crippen LogP contribution in [0.1, 0.15) is 24.4 Å². The van der Waals surface area contributed by atoms with Gasteiger partial charge in [-0.25, -0.2) is 14.6 Å². The van der Waals surface area contributed by atoms with E-state index in [1.807, 2.05) is 53.5 Å². The van der Waals surface area contributed by atoms with Gasteiger partial charge in [0, 0.05) is 31.0 Å². The van der Waals surface area contributed by atoms with E-state index >= 15 is 0 Å². The van der Waals surface area contributed by atoms with Gasteiger partial charge in [0.2, 0.25) is 0 Å². The summed E-state index contributed by atoms with van der Waals surface area (Å²) in [7, 11) is 1.80. The number of anilines is 1. The zero-order valence-corrected chi connectivity index (χ0v) is 18.5. The second-order valence-electron chi connectivity index (χ2n) is 8.22. The minimum atomic E-state index is -0.581. The van der Waals surface area contributed by atoms with E-state index in [4.69, 9.17) is 14.7 Å². The molecule has 3 N–H and O–H groups in total. The zero-order valence-electron chi connectivity index (χ0n) is 18.5. The van der Waals surface area contributed by atoms with Crippen LogP contribution in [0.2, 0.25) is 0 Å². The summed E-state index contributed by atoms with van der Waals surface area (Å²) < 4.78 is 7.78. The number of hydrogen-bond acceptors (Lipinski definition) is 8. The first-order chi connectivity index (χ1) is 16.2. The van der Waals surface area contributed by atoms with Gasteiger partial charge in [0.25, 0.3) is 0 Å². The van der Waals surface area contributed by atoms with Crippen molar-refractivity contribution in [2.75, 3.05) is 25.5 Å². The topological polar surface area (TPSA) is 110 Å². The highest BCUT2D eigenvalue weighted by Crippen LogP contribution is 2.37. The van der Waals surface area contributed by atoms with Crippen molar-refractivity contribution in [3.05, 3.63) is 60.6 Å². The molecule has 1 aliphatic carbocycles. The fourth-order valence-electron chi connectivity index (χ4n) is 3.68. The highest BCUT2D eigenvalue weighted by atomic mass is 16.5. The normalized spacial score (nSPS) is 14.4. The third-order valence-electron chi connectivity index (χ3n) is 5.50. The second kappa shape index (κ2) is 9.51. The zero-order chi connectivity index (χ0) is 22.6. The Labute approximate surface area is 191 Å². The maximum Gasteiger partial charge on any atom is 0.164 e. The van der Waals surface area contributed by atoms with Crippen molar-refractivity contribution in [2.24, 2.45) is 0 Å². The van der Waals surface area contributed by atoms with Crippen LogP contribution in [0.5, 0.6) is 5.75 Å². The highest BCUT2D eigenvalue weighted by Gasteiger charge is 2.27. The van der Waals surface area contributed by atoms with Gasteiger partial charge in [0.05, 0.1) is 17.6 Å². The molecule has 3 aromatic heterocycles. The maximum atomic E-state index is 9.93. The molecule has 0 amide bonds. The van der Waals surface area contributed by atoms with Crippen LogP contribution in [-0.2, 0) is 6.54 Å². The Bertz CT molecular complexity index is 1220. The van der Waals surface area contributed by atoms with Crippen molar-refractivity contribution >= 4 is 16.9 Å². The van der Waals surface area contributed by atoms with Crippen molar-refractivity contribution in [3.8, 4) is 17.1 Å². The van der Waals surface area contributed by atoms with Crippen molar-refractivity contribution in [1.29, 1.82) is 0 Å². The minimum absolute atomic E-state index is 0.205. The molecule has 1 aliphatic rings. The Morgan fingerprint density at radius 2 is 2.09 bits per heavy atom. The molecule has 0 bridgehead atoms. The third-order valence-corrected chi connectivity index (χ3v) is 5.50. The number of hydrogen-bond donors (Lipinski definition) is 3. The van der Waals surface area contributed by atoms with E-state index in [-0.39, 0.29) is 6.61 Å². The number of pyridine rings is 1. The van der Waals surface area contributed by atoms with Gasteiger partial charge >= 0.3 is 0 Å². The van der Waals surface area contributed by atoms with Crippen molar-refractivity contribution in [1.82, 2.24) is 30.0 Å². The highest BCUT2D eigenvalue weighted by molar-refractivity contribution is 5.88. The van der Waals surface area contributed by atoms with Gasteiger partial charge in [0.1, 0.15) is 24.3 Å². The first kappa shape index (κ1) is 21.3. The van der Waals surface area contributed by atoms with Crippen LogP contribution >= 0.6 is 0 Å². The van der Waals surface area contributed by atoms with E-state index in [2.05, 4.69) is 20.7 Å². The van der Waals surface area contributed by atoms with E-state index in [1.54, 1.807) is 13.2 Å². The van der Waals surface area contributed by atoms with Gasteiger partial charge in [-0.2, -0.15) is 5.10 Å². The number of fused-ring (bicyclic) bond motifs is 1. The number of nitrogens with zero attached hydrogens (tertiary/aromatic N) is 5. The molecular weight excluding hydrogens is 418 g/mol. The Morgan fingerprint density at radius 1 is 1.18 bits per heavy atom. The fourth-order valence-corrected chi connectivity index (χ4v) is 3.68. The maximum absolute atomic E-state index is 9.93.